The van der Waals surface area contributed by atoms with E-state index in [0.29, 0.717) is 17.8 Å². The SMILES string of the molecule is NC(=O)c1ccc(NC(=O)CC2CS(=O)(=O)CCN2)cc1. The molecule has 0 aromatic heterocycles. The van der Waals surface area contributed by atoms with Crippen LogP contribution < -0.4 is 16.4 Å². The van der Waals surface area contributed by atoms with Crippen molar-refractivity contribution in [3.63, 3.8) is 0 Å². The molecule has 4 N–H and O–H groups in total. The first-order valence-electron chi connectivity index (χ1n) is 6.49. The number of primary amides is 1. The van der Waals surface area contributed by atoms with Crippen LogP contribution in [-0.2, 0) is 14.6 Å². The minimum Gasteiger partial charge on any atom is -0.366 e. The van der Waals surface area contributed by atoms with Gasteiger partial charge in [0.25, 0.3) is 0 Å². The highest BCUT2D eigenvalue weighted by Gasteiger charge is 2.25. The van der Waals surface area contributed by atoms with E-state index in [0.717, 1.165) is 0 Å². The maximum absolute atomic E-state index is 11.9. The number of amides is 2. The molecular formula is C13H17N3O4S. The summed E-state index contributed by atoms with van der Waals surface area (Å²) in [7, 11) is -3.06. The molecule has 0 bridgehead atoms. The van der Waals surface area contributed by atoms with E-state index in [-0.39, 0.29) is 29.9 Å². The van der Waals surface area contributed by atoms with Crippen LogP contribution >= 0.6 is 0 Å². The molecule has 1 atom stereocenters. The summed E-state index contributed by atoms with van der Waals surface area (Å²) in [6.07, 6.45) is 0.0802. The van der Waals surface area contributed by atoms with Crippen molar-refractivity contribution in [3.8, 4) is 0 Å². The number of rotatable bonds is 4. The van der Waals surface area contributed by atoms with Crippen LogP contribution in [0.3, 0.4) is 0 Å². The van der Waals surface area contributed by atoms with Crippen molar-refractivity contribution in [2.24, 2.45) is 5.73 Å². The Hall–Kier alpha value is -1.93. The predicted molar refractivity (Wildman–Crippen MR) is 78.7 cm³/mol. The molecule has 1 aromatic carbocycles. The van der Waals surface area contributed by atoms with E-state index < -0.39 is 15.7 Å². The van der Waals surface area contributed by atoms with Crippen LogP contribution in [-0.4, -0.2) is 44.3 Å². The van der Waals surface area contributed by atoms with Gasteiger partial charge in [0.2, 0.25) is 11.8 Å². The van der Waals surface area contributed by atoms with Crippen LogP contribution in [0.15, 0.2) is 24.3 Å². The number of hydrogen-bond acceptors (Lipinski definition) is 5. The average Bonchev–Trinajstić information content (AvgIpc) is 2.37. The molecule has 0 spiro atoms. The van der Waals surface area contributed by atoms with Crippen LogP contribution in [0.4, 0.5) is 5.69 Å². The maximum Gasteiger partial charge on any atom is 0.248 e. The van der Waals surface area contributed by atoms with Crippen LogP contribution in [0.1, 0.15) is 16.8 Å². The van der Waals surface area contributed by atoms with Gasteiger partial charge in [0.15, 0.2) is 9.84 Å². The molecule has 1 saturated heterocycles. The monoisotopic (exact) mass is 311 g/mol. The van der Waals surface area contributed by atoms with Crippen LogP contribution in [0.5, 0.6) is 0 Å². The van der Waals surface area contributed by atoms with Gasteiger partial charge >= 0.3 is 0 Å². The summed E-state index contributed by atoms with van der Waals surface area (Å²) >= 11 is 0. The largest absolute Gasteiger partial charge is 0.366 e. The third-order valence-corrected chi connectivity index (χ3v) is 4.92. The Bertz CT molecular complexity index is 640. The van der Waals surface area contributed by atoms with Gasteiger partial charge in [-0.15, -0.1) is 0 Å². The van der Waals surface area contributed by atoms with Crippen molar-refractivity contribution < 1.29 is 18.0 Å². The quantitative estimate of drug-likeness (QED) is 0.693. The van der Waals surface area contributed by atoms with Gasteiger partial charge in [-0.3, -0.25) is 9.59 Å². The smallest absolute Gasteiger partial charge is 0.248 e. The number of nitrogens with two attached hydrogens (primary N) is 1. The van der Waals surface area contributed by atoms with Gasteiger partial charge in [-0.25, -0.2) is 8.42 Å². The molecule has 1 fully saturated rings. The van der Waals surface area contributed by atoms with Crippen molar-refractivity contribution >= 4 is 27.3 Å². The normalized spacial score (nSPS) is 20.7. The van der Waals surface area contributed by atoms with Crippen molar-refractivity contribution in [2.45, 2.75) is 12.5 Å². The molecule has 114 valence electrons. The molecule has 1 aliphatic heterocycles. The Kier molecular flexibility index (Phi) is 4.59. The molecule has 1 heterocycles. The van der Waals surface area contributed by atoms with E-state index in [1.165, 1.54) is 12.1 Å². The summed E-state index contributed by atoms with van der Waals surface area (Å²) in [6.45, 7) is 0.369. The second kappa shape index (κ2) is 6.23. The van der Waals surface area contributed by atoms with Gasteiger partial charge in [-0.2, -0.15) is 0 Å². The lowest BCUT2D eigenvalue weighted by molar-refractivity contribution is -0.116. The lowest BCUT2D eigenvalue weighted by Gasteiger charge is -2.23. The summed E-state index contributed by atoms with van der Waals surface area (Å²) in [4.78, 5) is 22.8. The van der Waals surface area contributed by atoms with E-state index in [4.69, 9.17) is 5.73 Å². The van der Waals surface area contributed by atoms with Crippen LogP contribution in [0.25, 0.3) is 0 Å². The molecule has 7 nitrogen and oxygen atoms in total. The molecule has 1 unspecified atom stereocenters. The second-order valence-electron chi connectivity index (χ2n) is 4.96. The fraction of sp³-hybridized carbons (Fsp3) is 0.385. The molecule has 2 rings (SSSR count). The van der Waals surface area contributed by atoms with Gasteiger partial charge in [0, 0.05) is 30.3 Å². The molecule has 8 heteroatoms. The Morgan fingerprint density at radius 2 is 1.95 bits per heavy atom. The van der Waals surface area contributed by atoms with E-state index in [2.05, 4.69) is 10.6 Å². The van der Waals surface area contributed by atoms with Crippen molar-refractivity contribution in [1.29, 1.82) is 0 Å². The molecule has 0 saturated carbocycles. The van der Waals surface area contributed by atoms with Gasteiger partial charge in [-0.1, -0.05) is 0 Å². The Balaban J connectivity index is 1.91. The molecule has 0 radical (unpaired) electrons. The maximum atomic E-state index is 11.9. The zero-order valence-electron chi connectivity index (χ0n) is 11.3. The third kappa shape index (κ3) is 4.54. The number of nitrogens with one attached hydrogen (secondary N) is 2. The van der Waals surface area contributed by atoms with Gasteiger partial charge in [0.05, 0.1) is 11.5 Å². The summed E-state index contributed by atoms with van der Waals surface area (Å²) in [5.41, 5.74) is 6.01. The topological polar surface area (TPSA) is 118 Å². The number of hydrogen-bond donors (Lipinski definition) is 3. The molecule has 2 amide bonds. The highest BCUT2D eigenvalue weighted by molar-refractivity contribution is 7.91. The Labute approximate surface area is 122 Å². The van der Waals surface area contributed by atoms with E-state index in [1.54, 1.807) is 12.1 Å². The zero-order chi connectivity index (χ0) is 15.5. The van der Waals surface area contributed by atoms with Crippen molar-refractivity contribution in [2.75, 3.05) is 23.4 Å². The Morgan fingerprint density at radius 1 is 1.29 bits per heavy atom. The summed E-state index contributed by atoms with van der Waals surface area (Å²) in [5.74, 6) is -0.735. The van der Waals surface area contributed by atoms with E-state index >= 15 is 0 Å². The minimum absolute atomic E-state index is 0.0268. The lowest BCUT2D eigenvalue weighted by Crippen LogP contribution is -2.46. The fourth-order valence-electron chi connectivity index (χ4n) is 2.15. The highest BCUT2D eigenvalue weighted by atomic mass is 32.2. The number of carbonyl (C=O) groups excluding carboxylic acids is 2. The van der Waals surface area contributed by atoms with E-state index in [1.807, 2.05) is 0 Å². The number of anilines is 1. The first kappa shape index (κ1) is 15.5. The number of benzene rings is 1. The standard InChI is InChI=1S/C13H17N3O4S/c14-13(18)9-1-3-10(4-2-9)16-12(17)7-11-8-21(19,20)6-5-15-11/h1-4,11,15H,5-8H2,(H2,14,18)(H,16,17). The van der Waals surface area contributed by atoms with Crippen molar-refractivity contribution in [1.82, 2.24) is 5.32 Å². The fourth-order valence-corrected chi connectivity index (χ4v) is 3.60. The number of carbonyl (C=O) groups is 2. The highest BCUT2D eigenvalue weighted by Crippen LogP contribution is 2.11. The third-order valence-electron chi connectivity index (χ3n) is 3.19. The van der Waals surface area contributed by atoms with Crippen molar-refractivity contribution in [3.05, 3.63) is 29.8 Å². The first-order valence-corrected chi connectivity index (χ1v) is 8.31. The molecule has 21 heavy (non-hydrogen) atoms. The summed E-state index contributed by atoms with van der Waals surface area (Å²) < 4.78 is 23.0. The second-order valence-corrected chi connectivity index (χ2v) is 7.19. The predicted octanol–water partition coefficient (Wildman–Crippen LogP) is -0.499. The molecule has 0 aliphatic carbocycles. The Morgan fingerprint density at radius 3 is 2.52 bits per heavy atom. The minimum atomic E-state index is -3.06. The summed E-state index contributed by atoms with van der Waals surface area (Å²) in [5, 5.41) is 5.67. The first-order chi connectivity index (χ1) is 9.85. The average molecular weight is 311 g/mol. The van der Waals surface area contributed by atoms with Gasteiger partial charge in [-0.05, 0) is 24.3 Å². The molecule has 1 aliphatic rings. The lowest BCUT2D eigenvalue weighted by atomic mass is 10.2. The summed E-state index contributed by atoms with van der Waals surface area (Å²) in [6, 6.07) is 5.81. The van der Waals surface area contributed by atoms with Gasteiger partial charge in [0.1, 0.15) is 0 Å². The van der Waals surface area contributed by atoms with E-state index in [9.17, 15) is 18.0 Å². The van der Waals surface area contributed by atoms with Crippen LogP contribution in [0, 0.1) is 0 Å². The molecule has 1 aromatic rings. The molecular weight excluding hydrogens is 294 g/mol. The number of sulfone groups is 1. The van der Waals surface area contributed by atoms with Gasteiger partial charge < -0.3 is 16.4 Å². The van der Waals surface area contributed by atoms with Crippen LogP contribution in [0.2, 0.25) is 0 Å². The zero-order valence-corrected chi connectivity index (χ0v) is 12.2.